The Morgan fingerprint density at radius 2 is 2.27 bits per heavy atom. The smallest absolute Gasteiger partial charge is 0.342 e. The number of esters is 1. The molecule has 0 saturated heterocycles. The number of carbonyl (C=O) groups is 1. The van der Waals surface area contributed by atoms with Gasteiger partial charge in [0.15, 0.2) is 0 Å². The minimum atomic E-state index is -2.89. The van der Waals surface area contributed by atoms with Crippen molar-refractivity contribution in [1.82, 2.24) is 4.98 Å². The number of carbonyl (C=O) groups excluding carboxylic acids is 1. The van der Waals surface area contributed by atoms with Gasteiger partial charge in [-0.1, -0.05) is 0 Å². The van der Waals surface area contributed by atoms with E-state index in [4.69, 9.17) is 0 Å². The molecule has 1 aromatic heterocycles. The quantitative estimate of drug-likeness (QED) is 0.785. The van der Waals surface area contributed by atoms with E-state index in [0.29, 0.717) is 0 Å². The number of aromatic nitrogens is 1. The number of rotatable bonds is 3. The van der Waals surface area contributed by atoms with Gasteiger partial charge < -0.3 is 9.84 Å². The van der Waals surface area contributed by atoms with Gasteiger partial charge in [0.05, 0.1) is 18.4 Å². The molecule has 1 rings (SSSR count). The van der Waals surface area contributed by atoms with Gasteiger partial charge in [-0.15, -0.1) is 0 Å². The van der Waals surface area contributed by atoms with Crippen LogP contribution in [0.1, 0.15) is 29.3 Å². The van der Waals surface area contributed by atoms with Crippen molar-refractivity contribution in [2.24, 2.45) is 0 Å². The predicted octanol–water partition coefficient (Wildman–Crippen LogP) is 1.90. The summed E-state index contributed by atoms with van der Waals surface area (Å²) in [4.78, 5) is 14.6. The first kappa shape index (κ1) is 11.4. The molecule has 1 heterocycles. The maximum Gasteiger partial charge on any atom is 0.342 e. The fraction of sp³-hybridized carbons (Fsp3) is 0.333. The first-order valence-electron chi connectivity index (χ1n) is 4.20. The Morgan fingerprint density at radius 3 is 2.80 bits per heavy atom. The molecule has 6 heteroatoms. The number of aromatic hydroxyl groups is 1. The number of halogens is 2. The second-order valence-corrected chi connectivity index (χ2v) is 2.64. The third-order valence-corrected chi connectivity index (χ3v) is 1.67. The van der Waals surface area contributed by atoms with Crippen LogP contribution in [0.3, 0.4) is 0 Å². The average Bonchev–Trinajstić information content (AvgIpc) is 2.17. The van der Waals surface area contributed by atoms with Crippen LogP contribution in [0.2, 0.25) is 0 Å². The van der Waals surface area contributed by atoms with Crippen molar-refractivity contribution >= 4 is 5.97 Å². The molecule has 0 bridgehead atoms. The lowest BCUT2D eigenvalue weighted by atomic mass is 10.1. The minimum absolute atomic E-state index is 0.0449. The molecule has 0 radical (unpaired) electrons. The number of hydrogen-bond donors (Lipinski definition) is 1. The maximum absolute atomic E-state index is 12.4. The molecule has 0 fully saturated rings. The fourth-order valence-corrected chi connectivity index (χ4v) is 1.06. The standard InChI is InChI=1S/C9H9F2NO3/c1-2-15-9(14)7-5(8(10)11)3-12-4-6(7)13/h3-4,8,13H,2H2,1H3. The van der Waals surface area contributed by atoms with E-state index in [2.05, 4.69) is 9.72 Å². The van der Waals surface area contributed by atoms with Crippen molar-refractivity contribution < 1.29 is 23.4 Å². The summed E-state index contributed by atoms with van der Waals surface area (Å²) >= 11 is 0. The van der Waals surface area contributed by atoms with Crippen LogP contribution in [0.15, 0.2) is 12.4 Å². The van der Waals surface area contributed by atoms with Gasteiger partial charge in [0, 0.05) is 6.20 Å². The van der Waals surface area contributed by atoms with E-state index in [0.717, 1.165) is 12.4 Å². The van der Waals surface area contributed by atoms with Crippen LogP contribution in [0.5, 0.6) is 5.75 Å². The summed E-state index contributed by atoms with van der Waals surface area (Å²) in [6.45, 7) is 1.58. The minimum Gasteiger partial charge on any atom is -0.505 e. The Hall–Kier alpha value is -1.72. The molecule has 15 heavy (non-hydrogen) atoms. The average molecular weight is 217 g/mol. The molecule has 0 aliphatic heterocycles. The summed E-state index contributed by atoms with van der Waals surface area (Å²) in [5.74, 6) is -1.58. The second-order valence-electron chi connectivity index (χ2n) is 2.64. The van der Waals surface area contributed by atoms with Crippen LogP contribution in [0, 0.1) is 0 Å². The van der Waals surface area contributed by atoms with Crippen LogP contribution >= 0.6 is 0 Å². The van der Waals surface area contributed by atoms with Crippen LogP contribution in [0.4, 0.5) is 8.78 Å². The van der Waals surface area contributed by atoms with Crippen molar-refractivity contribution in [1.29, 1.82) is 0 Å². The van der Waals surface area contributed by atoms with Crippen LogP contribution in [-0.4, -0.2) is 22.7 Å². The molecule has 0 saturated carbocycles. The number of pyridine rings is 1. The Bertz CT molecular complexity index is 368. The summed E-state index contributed by atoms with van der Waals surface area (Å²) in [6.07, 6.45) is -1.14. The molecule has 0 atom stereocenters. The summed E-state index contributed by atoms with van der Waals surface area (Å²) in [5.41, 5.74) is -1.16. The predicted molar refractivity (Wildman–Crippen MR) is 46.8 cm³/mol. The zero-order chi connectivity index (χ0) is 11.4. The number of ether oxygens (including phenoxy) is 1. The highest BCUT2D eigenvalue weighted by molar-refractivity contribution is 5.93. The van der Waals surface area contributed by atoms with E-state index in [1.807, 2.05) is 0 Å². The van der Waals surface area contributed by atoms with Crippen LogP contribution in [-0.2, 0) is 4.74 Å². The molecule has 0 unspecified atom stereocenters. The second kappa shape index (κ2) is 4.68. The van der Waals surface area contributed by atoms with Crippen molar-refractivity contribution in [3.05, 3.63) is 23.5 Å². The van der Waals surface area contributed by atoms with Crippen molar-refractivity contribution in [3.8, 4) is 5.75 Å². The van der Waals surface area contributed by atoms with Crippen LogP contribution in [0.25, 0.3) is 0 Å². The summed E-state index contributed by atoms with van der Waals surface area (Å²) in [5, 5.41) is 9.24. The van der Waals surface area contributed by atoms with E-state index in [1.165, 1.54) is 6.92 Å². The SMILES string of the molecule is CCOC(=O)c1c(O)cncc1C(F)F. The van der Waals surface area contributed by atoms with E-state index in [1.54, 1.807) is 0 Å². The maximum atomic E-state index is 12.4. The van der Waals surface area contributed by atoms with Gasteiger partial charge in [-0.3, -0.25) is 4.98 Å². The van der Waals surface area contributed by atoms with E-state index < -0.39 is 29.3 Å². The third-order valence-electron chi connectivity index (χ3n) is 1.67. The summed E-state index contributed by atoms with van der Waals surface area (Å²) < 4.78 is 29.4. The Balaban J connectivity index is 3.18. The monoisotopic (exact) mass is 217 g/mol. The summed E-state index contributed by atoms with van der Waals surface area (Å²) in [6, 6.07) is 0. The molecule has 0 aliphatic carbocycles. The Labute approximate surface area is 84.5 Å². The molecule has 0 amide bonds. The zero-order valence-corrected chi connectivity index (χ0v) is 7.91. The van der Waals surface area contributed by atoms with Crippen LogP contribution < -0.4 is 0 Å². The molecule has 0 spiro atoms. The highest BCUT2D eigenvalue weighted by Gasteiger charge is 2.23. The molecule has 1 N–H and O–H groups in total. The number of hydrogen-bond acceptors (Lipinski definition) is 4. The normalized spacial score (nSPS) is 10.4. The lowest BCUT2D eigenvalue weighted by Crippen LogP contribution is -2.09. The van der Waals surface area contributed by atoms with Gasteiger partial charge >= 0.3 is 5.97 Å². The fourth-order valence-electron chi connectivity index (χ4n) is 1.06. The lowest BCUT2D eigenvalue weighted by molar-refractivity contribution is 0.0511. The van der Waals surface area contributed by atoms with E-state index in [-0.39, 0.29) is 6.61 Å². The Morgan fingerprint density at radius 1 is 1.60 bits per heavy atom. The van der Waals surface area contributed by atoms with Gasteiger partial charge in [-0.2, -0.15) is 0 Å². The first-order valence-corrected chi connectivity index (χ1v) is 4.20. The van der Waals surface area contributed by atoms with E-state index >= 15 is 0 Å². The van der Waals surface area contributed by atoms with Gasteiger partial charge in [-0.25, -0.2) is 13.6 Å². The number of alkyl halides is 2. The van der Waals surface area contributed by atoms with Gasteiger partial charge in [0.1, 0.15) is 11.3 Å². The van der Waals surface area contributed by atoms with Gasteiger partial charge in [0.2, 0.25) is 0 Å². The lowest BCUT2D eigenvalue weighted by Gasteiger charge is -2.08. The van der Waals surface area contributed by atoms with Crippen molar-refractivity contribution in [2.45, 2.75) is 13.3 Å². The molecular formula is C9H9F2NO3. The molecular weight excluding hydrogens is 208 g/mol. The number of nitrogens with zero attached hydrogens (tertiary/aromatic N) is 1. The largest absolute Gasteiger partial charge is 0.505 e. The molecule has 0 aliphatic rings. The van der Waals surface area contributed by atoms with Crippen molar-refractivity contribution in [3.63, 3.8) is 0 Å². The molecule has 1 aromatic rings. The topological polar surface area (TPSA) is 59.4 Å². The van der Waals surface area contributed by atoms with Crippen molar-refractivity contribution in [2.75, 3.05) is 6.61 Å². The molecule has 4 nitrogen and oxygen atoms in total. The first-order chi connectivity index (χ1) is 7.07. The molecule has 0 aromatic carbocycles. The Kier molecular flexibility index (Phi) is 3.54. The van der Waals surface area contributed by atoms with Gasteiger partial charge in [-0.05, 0) is 6.92 Å². The highest BCUT2D eigenvalue weighted by atomic mass is 19.3. The van der Waals surface area contributed by atoms with E-state index in [9.17, 15) is 18.7 Å². The highest BCUT2D eigenvalue weighted by Crippen LogP contribution is 2.28. The zero-order valence-electron chi connectivity index (χ0n) is 7.91. The van der Waals surface area contributed by atoms with Gasteiger partial charge in [0.25, 0.3) is 6.43 Å². The molecule has 82 valence electrons. The third kappa shape index (κ3) is 2.39. The summed E-state index contributed by atoms with van der Waals surface area (Å²) in [7, 11) is 0.